The second-order valence-corrected chi connectivity index (χ2v) is 7.29. The molecule has 0 bridgehead atoms. The van der Waals surface area contributed by atoms with Gasteiger partial charge in [-0.2, -0.15) is 0 Å². The highest BCUT2D eigenvalue weighted by Gasteiger charge is 2.54. The number of nitrogens with zero attached hydrogens (tertiary/aromatic N) is 3. The van der Waals surface area contributed by atoms with E-state index in [1.54, 1.807) is 23.5 Å². The van der Waals surface area contributed by atoms with Crippen molar-refractivity contribution >= 4 is 5.82 Å². The van der Waals surface area contributed by atoms with Crippen LogP contribution in [0.1, 0.15) is 29.7 Å². The topological polar surface area (TPSA) is 50.7 Å². The van der Waals surface area contributed by atoms with Crippen LogP contribution >= 0.6 is 0 Å². The van der Waals surface area contributed by atoms with Crippen molar-refractivity contribution in [3.8, 4) is 11.4 Å². The third-order valence-corrected chi connectivity index (χ3v) is 5.80. The van der Waals surface area contributed by atoms with Crippen molar-refractivity contribution in [2.45, 2.75) is 25.7 Å². The SMILES string of the molecule is CCc1cc(NCC2C3Cc4ccccc4C23)nc(-c2ccncc2)n1. The first kappa shape index (κ1) is 15.5. The number of hydrogen-bond donors (Lipinski definition) is 1. The quantitative estimate of drug-likeness (QED) is 0.758. The first-order valence-electron chi connectivity index (χ1n) is 9.43. The lowest BCUT2D eigenvalue weighted by Crippen LogP contribution is -2.10. The van der Waals surface area contributed by atoms with Crippen molar-refractivity contribution in [1.82, 2.24) is 15.0 Å². The van der Waals surface area contributed by atoms with E-state index in [0.29, 0.717) is 0 Å². The van der Waals surface area contributed by atoms with E-state index in [1.807, 2.05) is 12.1 Å². The van der Waals surface area contributed by atoms with Gasteiger partial charge in [-0.25, -0.2) is 9.97 Å². The van der Waals surface area contributed by atoms with Crippen molar-refractivity contribution in [2.24, 2.45) is 11.8 Å². The maximum absolute atomic E-state index is 4.74. The molecule has 0 radical (unpaired) electrons. The van der Waals surface area contributed by atoms with Gasteiger partial charge in [0.05, 0.1) is 0 Å². The van der Waals surface area contributed by atoms with Gasteiger partial charge < -0.3 is 5.32 Å². The summed E-state index contributed by atoms with van der Waals surface area (Å²) >= 11 is 0. The molecule has 1 aromatic carbocycles. The van der Waals surface area contributed by atoms with Gasteiger partial charge in [-0.05, 0) is 53.9 Å². The van der Waals surface area contributed by atoms with Gasteiger partial charge in [0.2, 0.25) is 0 Å². The zero-order valence-corrected chi connectivity index (χ0v) is 14.9. The Kier molecular flexibility index (Phi) is 3.70. The smallest absolute Gasteiger partial charge is 0.161 e. The lowest BCUT2D eigenvalue weighted by atomic mass is 10.0. The molecular formula is C22H22N4. The monoisotopic (exact) mass is 342 g/mol. The second kappa shape index (κ2) is 6.20. The van der Waals surface area contributed by atoms with Crippen molar-refractivity contribution in [3.05, 3.63) is 71.7 Å². The molecule has 2 aliphatic carbocycles. The number of benzene rings is 1. The number of rotatable bonds is 5. The number of hydrogen-bond acceptors (Lipinski definition) is 4. The summed E-state index contributed by atoms with van der Waals surface area (Å²) in [6.45, 7) is 3.12. The van der Waals surface area contributed by atoms with E-state index in [9.17, 15) is 0 Å². The lowest BCUT2D eigenvalue weighted by Gasteiger charge is -2.11. The summed E-state index contributed by atoms with van der Waals surface area (Å²) in [6, 6.07) is 14.9. The van der Waals surface area contributed by atoms with Crippen molar-refractivity contribution in [1.29, 1.82) is 0 Å². The van der Waals surface area contributed by atoms with Crippen LogP contribution in [-0.4, -0.2) is 21.5 Å². The van der Waals surface area contributed by atoms with Crippen molar-refractivity contribution < 1.29 is 0 Å². The molecule has 2 aliphatic rings. The van der Waals surface area contributed by atoms with Crippen molar-refractivity contribution in [2.75, 3.05) is 11.9 Å². The molecule has 3 unspecified atom stereocenters. The largest absolute Gasteiger partial charge is 0.370 e. The van der Waals surface area contributed by atoms with E-state index < -0.39 is 0 Å². The molecular weight excluding hydrogens is 320 g/mol. The zero-order chi connectivity index (χ0) is 17.5. The minimum Gasteiger partial charge on any atom is -0.370 e. The van der Waals surface area contributed by atoms with Crippen LogP contribution in [0, 0.1) is 11.8 Å². The summed E-state index contributed by atoms with van der Waals surface area (Å²) in [5, 5.41) is 3.58. The summed E-state index contributed by atoms with van der Waals surface area (Å²) in [4.78, 5) is 13.5. The van der Waals surface area contributed by atoms with Crippen LogP contribution in [0.5, 0.6) is 0 Å². The first-order chi connectivity index (χ1) is 12.8. The molecule has 2 aromatic heterocycles. The molecule has 1 N–H and O–H groups in total. The third-order valence-electron chi connectivity index (χ3n) is 5.80. The molecule has 5 rings (SSSR count). The molecule has 3 atom stereocenters. The van der Waals surface area contributed by atoms with Gasteiger partial charge >= 0.3 is 0 Å². The van der Waals surface area contributed by atoms with Gasteiger partial charge in [-0.3, -0.25) is 4.98 Å². The summed E-state index contributed by atoms with van der Waals surface area (Å²) in [6.07, 6.45) is 5.71. The van der Waals surface area contributed by atoms with Gasteiger partial charge in [-0.15, -0.1) is 0 Å². The molecule has 0 spiro atoms. The molecule has 1 saturated carbocycles. The fraction of sp³-hybridized carbons (Fsp3) is 0.318. The Morgan fingerprint density at radius 1 is 1.08 bits per heavy atom. The lowest BCUT2D eigenvalue weighted by molar-refractivity contribution is 0.718. The fourth-order valence-electron chi connectivity index (χ4n) is 4.38. The number of aryl methyl sites for hydroxylation is 1. The minimum atomic E-state index is 0.731. The van der Waals surface area contributed by atoms with E-state index >= 15 is 0 Å². The number of fused-ring (bicyclic) bond motifs is 3. The van der Waals surface area contributed by atoms with Crippen LogP contribution in [0.2, 0.25) is 0 Å². The van der Waals surface area contributed by atoms with E-state index in [1.165, 1.54) is 6.42 Å². The van der Waals surface area contributed by atoms with Crippen LogP contribution in [0.3, 0.4) is 0 Å². The van der Waals surface area contributed by atoms with Gasteiger partial charge in [-0.1, -0.05) is 31.2 Å². The highest BCUT2D eigenvalue weighted by atomic mass is 15.0. The third kappa shape index (κ3) is 2.66. The molecule has 0 amide bonds. The summed E-state index contributed by atoms with van der Waals surface area (Å²) in [7, 11) is 0. The molecule has 130 valence electrons. The van der Waals surface area contributed by atoms with E-state index in [2.05, 4.69) is 52.5 Å². The summed E-state index contributed by atoms with van der Waals surface area (Å²) < 4.78 is 0. The number of pyridine rings is 1. The molecule has 2 heterocycles. The highest BCUT2D eigenvalue weighted by molar-refractivity contribution is 5.57. The van der Waals surface area contributed by atoms with Crippen LogP contribution in [0.25, 0.3) is 11.4 Å². The highest BCUT2D eigenvalue weighted by Crippen LogP contribution is 2.61. The van der Waals surface area contributed by atoms with Crippen LogP contribution < -0.4 is 5.32 Å². The van der Waals surface area contributed by atoms with Crippen molar-refractivity contribution in [3.63, 3.8) is 0 Å². The molecule has 3 aromatic rings. The Hall–Kier alpha value is -2.75. The molecule has 0 aliphatic heterocycles. The molecule has 1 fully saturated rings. The maximum atomic E-state index is 4.74. The summed E-state index contributed by atoms with van der Waals surface area (Å²) in [5.41, 5.74) is 5.19. The summed E-state index contributed by atoms with van der Waals surface area (Å²) in [5.74, 6) is 3.99. The number of anilines is 1. The number of aromatic nitrogens is 3. The molecule has 26 heavy (non-hydrogen) atoms. The van der Waals surface area contributed by atoms with Gasteiger partial charge in [0.25, 0.3) is 0 Å². The van der Waals surface area contributed by atoms with E-state index in [4.69, 9.17) is 4.98 Å². The standard InChI is InChI=1S/C22H22N4/c1-2-16-12-20(26-22(25-16)14-7-9-23-10-8-14)24-13-19-18-11-15-5-3-4-6-17(15)21(18)19/h3-10,12,18-19,21H,2,11,13H2,1H3,(H,24,25,26). The number of nitrogens with one attached hydrogen (secondary N) is 1. The predicted octanol–water partition coefficient (Wildman–Crippen LogP) is 4.10. The van der Waals surface area contributed by atoms with E-state index in [-0.39, 0.29) is 0 Å². The second-order valence-electron chi connectivity index (χ2n) is 7.29. The van der Waals surface area contributed by atoms with Crippen LogP contribution in [0.15, 0.2) is 54.9 Å². The Morgan fingerprint density at radius 2 is 1.92 bits per heavy atom. The van der Waals surface area contributed by atoms with Gasteiger partial charge in [0, 0.05) is 36.3 Å². The Labute approximate surface area is 153 Å². The first-order valence-corrected chi connectivity index (χ1v) is 9.43. The average molecular weight is 342 g/mol. The zero-order valence-electron chi connectivity index (χ0n) is 14.9. The van der Waals surface area contributed by atoms with Crippen LogP contribution in [0.4, 0.5) is 5.82 Å². The maximum Gasteiger partial charge on any atom is 0.161 e. The van der Waals surface area contributed by atoms with Gasteiger partial charge in [0.15, 0.2) is 5.82 Å². The Morgan fingerprint density at radius 3 is 2.77 bits per heavy atom. The van der Waals surface area contributed by atoms with Gasteiger partial charge in [0.1, 0.15) is 5.82 Å². The Bertz CT molecular complexity index is 938. The Balaban J connectivity index is 1.33. The fourth-order valence-corrected chi connectivity index (χ4v) is 4.38. The van der Waals surface area contributed by atoms with Crippen LogP contribution in [-0.2, 0) is 12.8 Å². The van der Waals surface area contributed by atoms with E-state index in [0.717, 1.165) is 53.6 Å². The molecule has 4 nitrogen and oxygen atoms in total. The molecule has 0 saturated heterocycles. The minimum absolute atomic E-state index is 0.731. The predicted molar refractivity (Wildman–Crippen MR) is 103 cm³/mol. The normalized spacial score (nSPS) is 22.6. The average Bonchev–Trinajstić information content (AvgIpc) is 3.24. The molecule has 4 heteroatoms.